The molecule has 0 fully saturated rings. The van der Waals surface area contributed by atoms with E-state index >= 15 is 0 Å². The fourth-order valence-corrected chi connectivity index (χ4v) is 1.95. The average molecular weight is 271 g/mol. The van der Waals surface area contributed by atoms with Crippen molar-refractivity contribution in [3.63, 3.8) is 0 Å². The van der Waals surface area contributed by atoms with E-state index in [1.165, 1.54) is 15.6 Å². The van der Waals surface area contributed by atoms with Gasteiger partial charge < -0.3 is 10.2 Å². The molecule has 84 valence electrons. The Morgan fingerprint density at radius 3 is 2.67 bits per heavy atom. The van der Waals surface area contributed by atoms with Crippen LogP contribution in [-0.2, 0) is 6.54 Å². The topological polar surface area (TPSA) is 15.3 Å². The Hall–Kier alpha value is -0.380. The van der Waals surface area contributed by atoms with Gasteiger partial charge in [0.1, 0.15) is 0 Å². The van der Waals surface area contributed by atoms with E-state index in [0.29, 0.717) is 0 Å². The molecule has 1 rings (SSSR count). The van der Waals surface area contributed by atoms with Gasteiger partial charge in [0.05, 0.1) is 0 Å². The monoisotopic (exact) mass is 270 g/mol. The van der Waals surface area contributed by atoms with Crippen molar-refractivity contribution in [2.75, 3.05) is 27.2 Å². The molecule has 2 nitrogen and oxygen atoms in total. The Labute approximate surface area is 101 Å². The summed E-state index contributed by atoms with van der Waals surface area (Å²) in [5.74, 6) is 0. The maximum atomic E-state index is 3.58. The predicted molar refractivity (Wildman–Crippen MR) is 69.1 cm³/mol. The highest BCUT2D eigenvalue weighted by Crippen LogP contribution is 2.17. The lowest BCUT2D eigenvalue weighted by atomic mass is 10.1. The Balaban J connectivity index is 2.37. The van der Waals surface area contributed by atoms with Crippen molar-refractivity contribution in [3.8, 4) is 0 Å². The van der Waals surface area contributed by atoms with Crippen LogP contribution in [0, 0.1) is 6.92 Å². The third kappa shape index (κ3) is 4.78. The summed E-state index contributed by atoms with van der Waals surface area (Å²) in [7, 11) is 4.17. The number of nitrogens with one attached hydrogen (secondary N) is 1. The van der Waals surface area contributed by atoms with E-state index in [2.05, 4.69) is 65.4 Å². The van der Waals surface area contributed by atoms with Crippen molar-refractivity contribution in [3.05, 3.63) is 33.8 Å². The molecule has 0 aliphatic rings. The SMILES string of the molecule is Cc1ccc(CNCCN(C)C)c(Br)c1. The lowest BCUT2D eigenvalue weighted by molar-refractivity contribution is 0.400. The molecular weight excluding hydrogens is 252 g/mol. The minimum Gasteiger partial charge on any atom is -0.311 e. The van der Waals surface area contributed by atoms with Crippen molar-refractivity contribution in [2.45, 2.75) is 13.5 Å². The molecule has 1 aromatic carbocycles. The number of rotatable bonds is 5. The normalized spacial score (nSPS) is 11.0. The second-order valence-electron chi connectivity index (χ2n) is 4.07. The molecule has 15 heavy (non-hydrogen) atoms. The predicted octanol–water partition coefficient (Wildman–Crippen LogP) is 2.41. The average Bonchev–Trinajstić information content (AvgIpc) is 2.14. The fourth-order valence-electron chi connectivity index (χ4n) is 1.32. The van der Waals surface area contributed by atoms with Gasteiger partial charge >= 0.3 is 0 Å². The van der Waals surface area contributed by atoms with E-state index in [9.17, 15) is 0 Å². The minimum absolute atomic E-state index is 0.925. The first kappa shape index (κ1) is 12.7. The first-order valence-corrected chi connectivity index (χ1v) is 5.99. The van der Waals surface area contributed by atoms with Gasteiger partial charge in [0, 0.05) is 24.1 Å². The van der Waals surface area contributed by atoms with Crippen molar-refractivity contribution < 1.29 is 0 Å². The van der Waals surface area contributed by atoms with Gasteiger partial charge in [-0.2, -0.15) is 0 Å². The highest BCUT2D eigenvalue weighted by Gasteiger charge is 1.99. The van der Waals surface area contributed by atoms with Crippen LogP contribution in [0.4, 0.5) is 0 Å². The molecule has 0 aromatic heterocycles. The standard InChI is InChI=1S/C12H19BrN2/c1-10-4-5-11(12(13)8-10)9-14-6-7-15(2)3/h4-5,8,14H,6-7,9H2,1-3H3. The number of benzene rings is 1. The quantitative estimate of drug-likeness (QED) is 0.827. The number of nitrogens with zero attached hydrogens (tertiary/aromatic N) is 1. The Morgan fingerprint density at radius 1 is 1.33 bits per heavy atom. The first-order chi connectivity index (χ1) is 7.09. The molecular formula is C12H19BrN2. The molecule has 0 saturated carbocycles. The zero-order chi connectivity index (χ0) is 11.3. The Bertz CT molecular complexity index is 310. The van der Waals surface area contributed by atoms with Crippen LogP contribution in [0.15, 0.2) is 22.7 Å². The summed E-state index contributed by atoms with van der Waals surface area (Å²) in [6, 6.07) is 6.47. The van der Waals surface area contributed by atoms with Gasteiger partial charge in [0.2, 0.25) is 0 Å². The van der Waals surface area contributed by atoms with E-state index in [-0.39, 0.29) is 0 Å². The summed E-state index contributed by atoms with van der Waals surface area (Å²) in [5, 5.41) is 3.42. The summed E-state index contributed by atoms with van der Waals surface area (Å²) in [6.45, 7) is 5.12. The van der Waals surface area contributed by atoms with E-state index in [4.69, 9.17) is 0 Å². The van der Waals surface area contributed by atoms with E-state index < -0.39 is 0 Å². The van der Waals surface area contributed by atoms with E-state index in [1.807, 2.05) is 0 Å². The van der Waals surface area contributed by atoms with Gasteiger partial charge in [0.15, 0.2) is 0 Å². The zero-order valence-electron chi connectivity index (χ0n) is 9.68. The molecule has 0 aliphatic carbocycles. The summed E-state index contributed by atoms with van der Waals surface area (Å²) >= 11 is 3.58. The number of hydrogen-bond acceptors (Lipinski definition) is 2. The third-order valence-corrected chi connectivity index (χ3v) is 3.00. The summed E-state index contributed by atoms with van der Waals surface area (Å²) in [4.78, 5) is 2.18. The molecule has 0 amide bonds. The number of hydrogen-bond donors (Lipinski definition) is 1. The number of likely N-dealkylation sites (N-methyl/N-ethyl adjacent to an activating group) is 1. The van der Waals surface area contributed by atoms with Crippen molar-refractivity contribution in [2.24, 2.45) is 0 Å². The summed E-state index contributed by atoms with van der Waals surface area (Å²) in [5.41, 5.74) is 2.61. The first-order valence-electron chi connectivity index (χ1n) is 5.20. The maximum absolute atomic E-state index is 3.58. The van der Waals surface area contributed by atoms with Gasteiger partial charge in [-0.05, 0) is 38.2 Å². The van der Waals surface area contributed by atoms with Crippen LogP contribution in [-0.4, -0.2) is 32.1 Å². The molecule has 0 bridgehead atoms. The van der Waals surface area contributed by atoms with Crippen LogP contribution in [0.5, 0.6) is 0 Å². The molecule has 1 N–H and O–H groups in total. The highest BCUT2D eigenvalue weighted by molar-refractivity contribution is 9.10. The lowest BCUT2D eigenvalue weighted by Gasteiger charge is -2.11. The fraction of sp³-hybridized carbons (Fsp3) is 0.500. The van der Waals surface area contributed by atoms with Gasteiger partial charge in [0.25, 0.3) is 0 Å². The maximum Gasteiger partial charge on any atom is 0.0222 e. The van der Waals surface area contributed by atoms with Crippen LogP contribution >= 0.6 is 15.9 Å². The molecule has 0 aliphatic heterocycles. The molecule has 3 heteroatoms. The zero-order valence-corrected chi connectivity index (χ0v) is 11.3. The summed E-state index contributed by atoms with van der Waals surface area (Å²) < 4.78 is 1.19. The van der Waals surface area contributed by atoms with Crippen molar-refractivity contribution >= 4 is 15.9 Å². The molecule has 0 radical (unpaired) electrons. The van der Waals surface area contributed by atoms with Crippen LogP contribution in [0.1, 0.15) is 11.1 Å². The van der Waals surface area contributed by atoms with Crippen molar-refractivity contribution in [1.82, 2.24) is 10.2 Å². The second kappa shape index (κ2) is 6.26. The molecule has 0 atom stereocenters. The van der Waals surface area contributed by atoms with Crippen LogP contribution < -0.4 is 5.32 Å². The lowest BCUT2D eigenvalue weighted by Crippen LogP contribution is -2.26. The van der Waals surface area contributed by atoms with Crippen LogP contribution in [0.2, 0.25) is 0 Å². The van der Waals surface area contributed by atoms with Crippen LogP contribution in [0.3, 0.4) is 0 Å². The third-order valence-electron chi connectivity index (χ3n) is 2.26. The Morgan fingerprint density at radius 2 is 2.07 bits per heavy atom. The minimum atomic E-state index is 0.925. The van der Waals surface area contributed by atoms with Gasteiger partial charge in [-0.25, -0.2) is 0 Å². The molecule has 1 aromatic rings. The van der Waals surface area contributed by atoms with Crippen LogP contribution in [0.25, 0.3) is 0 Å². The molecule has 0 spiro atoms. The Kier molecular flexibility index (Phi) is 5.29. The number of halogens is 1. The van der Waals surface area contributed by atoms with E-state index in [1.54, 1.807) is 0 Å². The van der Waals surface area contributed by atoms with Crippen molar-refractivity contribution in [1.29, 1.82) is 0 Å². The summed E-state index contributed by atoms with van der Waals surface area (Å²) in [6.07, 6.45) is 0. The molecule has 0 saturated heterocycles. The molecule has 0 heterocycles. The van der Waals surface area contributed by atoms with Gasteiger partial charge in [-0.3, -0.25) is 0 Å². The molecule has 0 unspecified atom stereocenters. The second-order valence-corrected chi connectivity index (χ2v) is 4.93. The number of aryl methyl sites for hydroxylation is 1. The highest BCUT2D eigenvalue weighted by atomic mass is 79.9. The smallest absolute Gasteiger partial charge is 0.0222 e. The largest absolute Gasteiger partial charge is 0.311 e. The van der Waals surface area contributed by atoms with Gasteiger partial charge in [-0.1, -0.05) is 28.1 Å². The van der Waals surface area contributed by atoms with Gasteiger partial charge in [-0.15, -0.1) is 0 Å². The van der Waals surface area contributed by atoms with E-state index in [0.717, 1.165) is 19.6 Å².